The van der Waals surface area contributed by atoms with Crippen LogP contribution in [0.25, 0.3) is 0 Å². The number of carbonyl (C=O) groups excluding carboxylic acids is 2. The number of rotatable bonds is 7. The average Bonchev–Trinajstić information content (AvgIpc) is 2.77. The number of benzene rings is 1. The van der Waals surface area contributed by atoms with Gasteiger partial charge in [-0.2, -0.15) is 0 Å². The highest BCUT2D eigenvalue weighted by atomic mass is 16.6. The van der Waals surface area contributed by atoms with Gasteiger partial charge in [-0.05, 0) is 37.5 Å². The molecular formula is C22H28N4O3. The Labute approximate surface area is 171 Å². The third-order valence-electron chi connectivity index (χ3n) is 4.92. The number of carbonyl (C=O) groups is 2. The van der Waals surface area contributed by atoms with E-state index in [1.165, 1.54) is 5.56 Å². The molecule has 3 rings (SSSR count). The van der Waals surface area contributed by atoms with Crippen LogP contribution in [0.5, 0.6) is 0 Å². The molecular weight excluding hydrogens is 368 g/mol. The summed E-state index contributed by atoms with van der Waals surface area (Å²) in [6.45, 7) is 5.39. The summed E-state index contributed by atoms with van der Waals surface area (Å²) in [4.78, 5) is 32.3. The largest absolute Gasteiger partial charge is 0.450 e. The summed E-state index contributed by atoms with van der Waals surface area (Å²) < 4.78 is 5.05. The number of piperazine rings is 1. The molecule has 0 spiro atoms. The van der Waals surface area contributed by atoms with Crippen LogP contribution >= 0.6 is 0 Å². The molecule has 1 fully saturated rings. The van der Waals surface area contributed by atoms with Gasteiger partial charge in [0.15, 0.2) is 0 Å². The highest BCUT2D eigenvalue weighted by Crippen LogP contribution is 2.17. The van der Waals surface area contributed by atoms with Crippen LogP contribution in [0, 0.1) is 0 Å². The third kappa shape index (κ3) is 5.94. The van der Waals surface area contributed by atoms with Gasteiger partial charge in [0, 0.05) is 44.6 Å². The molecule has 1 aromatic carbocycles. The molecule has 1 saturated heterocycles. The van der Waals surface area contributed by atoms with Crippen LogP contribution in [-0.2, 0) is 11.2 Å². The fraction of sp³-hybridized carbons (Fsp3) is 0.409. The normalized spacial score (nSPS) is 13.8. The van der Waals surface area contributed by atoms with Crippen LogP contribution < -0.4 is 10.2 Å². The third-order valence-corrected chi connectivity index (χ3v) is 4.92. The molecule has 7 heteroatoms. The molecule has 2 heterocycles. The number of nitrogens with one attached hydrogen (secondary N) is 1. The summed E-state index contributed by atoms with van der Waals surface area (Å²) >= 11 is 0. The minimum absolute atomic E-state index is 0.162. The van der Waals surface area contributed by atoms with Crippen molar-refractivity contribution in [2.75, 3.05) is 44.2 Å². The molecule has 0 aliphatic carbocycles. The van der Waals surface area contributed by atoms with Gasteiger partial charge < -0.3 is 19.9 Å². The molecule has 0 bridgehead atoms. The quantitative estimate of drug-likeness (QED) is 0.729. The summed E-state index contributed by atoms with van der Waals surface area (Å²) in [6, 6.07) is 13.9. The zero-order chi connectivity index (χ0) is 20.5. The van der Waals surface area contributed by atoms with E-state index in [0.29, 0.717) is 45.0 Å². The minimum Gasteiger partial charge on any atom is -0.450 e. The summed E-state index contributed by atoms with van der Waals surface area (Å²) in [5, 5.41) is 2.95. The van der Waals surface area contributed by atoms with Gasteiger partial charge in [0.1, 0.15) is 5.69 Å². The van der Waals surface area contributed by atoms with Gasteiger partial charge in [-0.3, -0.25) is 9.78 Å². The molecule has 0 saturated carbocycles. The van der Waals surface area contributed by atoms with Crippen molar-refractivity contribution in [1.82, 2.24) is 15.2 Å². The first-order valence-electron chi connectivity index (χ1n) is 10.1. The van der Waals surface area contributed by atoms with E-state index >= 15 is 0 Å². The number of amides is 2. The molecule has 0 unspecified atom stereocenters. The second kappa shape index (κ2) is 10.5. The van der Waals surface area contributed by atoms with E-state index < -0.39 is 0 Å². The van der Waals surface area contributed by atoms with E-state index in [9.17, 15) is 9.59 Å². The monoisotopic (exact) mass is 396 g/mol. The molecule has 1 N–H and O–H groups in total. The molecule has 1 aromatic heterocycles. The van der Waals surface area contributed by atoms with Crippen molar-refractivity contribution in [3.05, 3.63) is 59.9 Å². The molecule has 7 nitrogen and oxygen atoms in total. The number of nitrogens with zero attached hydrogens (tertiary/aromatic N) is 3. The number of ether oxygens (including phenoxy) is 1. The zero-order valence-corrected chi connectivity index (χ0v) is 16.8. The second-order valence-electron chi connectivity index (χ2n) is 6.92. The summed E-state index contributed by atoms with van der Waals surface area (Å²) in [7, 11) is 0. The van der Waals surface area contributed by atoms with Crippen LogP contribution in [0.15, 0.2) is 48.7 Å². The lowest BCUT2D eigenvalue weighted by molar-refractivity contribution is 0.0948. The lowest BCUT2D eigenvalue weighted by Gasteiger charge is -2.35. The van der Waals surface area contributed by atoms with E-state index in [4.69, 9.17) is 4.74 Å². The standard InChI is InChI=1S/C22H28N4O3/c1-2-29-22(28)26-15-13-25(14-16-26)19-10-12-23-20(17-19)21(27)24-11-6-9-18-7-4-3-5-8-18/h3-5,7-8,10,12,17H,2,6,9,11,13-16H2,1H3,(H,24,27). The van der Waals surface area contributed by atoms with Gasteiger partial charge in [0.2, 0.25) is 0 Å². The van der Waals surface area contributed by atoms with Crippen LogP contribution in [0.3, 0.4) is 0 Å². The van der Waals surface area contributed by atoms with Crippen molar-refractivity contribution >= 4 is 17.7 Å². The van der Waals surface area contributed by atoms with E-state index in [1.807, 2.05) is 30.3 Å². The lowest BCUT2D eigenvalue weighted by atomic mass is 10.1. The zero-order valence-electron chi connectivity index (χ0n) is 16.8. The van der Waals surface area contributed by atoms with E-state index in [2.05, 4.69) is 27.3 Å². The van der Waals surface area contributed by atoms with Gasteiger partial charge in [0.05, 0.1) is 6.61 Å². The van der Waals surface area contributed by atoms with Gasteiger partial charge in [-0.25, -0.2) is 4.79 Å². The number of pyridine rings is 1. The van der Waals surface area contributed by atoms with Gasteiger partial charge in [-0.15, -0.1) is 0 Å². The van der Waals surface area contributed by atoms with Crippen molar-refractivity contribution in [2.24, 2.45) is 0 Å². The van der Waals surface area contributed by atoms with Crippen LogP contribution in [0.1, 0.15) is 29.4 Å². The fourth-order valence-electron chi connectivity index (χ4n) is 3.33. The maximum Gasteiger partial charge on any atom is 0.409 e. The van der Waals surface area contributed by atoms with E-state index in [1.54, 1.807) is 18.0 Å². The molecule has 0 atom stereocenters. The molecule has 1 aliphatic heterocycles. The van der Waals surface area contributed by atoms with Gasteiger partial charge in [0.25, 0.3) is 5.91 Å². The first-order chi connectivity index (χ1) is 14.2. The lowest BCUT2D eigenvalue weighted by Crippen LogP contribution is -2.49. The van der Waals surface area contributed by atoms with Crippen molar-refractivity contribution in [1.29, 1.82) is 0 Å². The Balaban J connectivity index is 1.47. The Morgan fingerprint density at radius 2 is 1.86 bits per heavy atom. The highest BCUT2D eigenvalue weighted by molar-refractivity contribution is 5.93. The number of aromatic nitrogens is 1. The molecule has 0 radical (unpaired) electrons. The van der Waals surface area contributed by atoms with Crippen molar-refractivity contribution in [2.45, 2.75) is 19.8 Å². The second-order valence-corrected chi connectivity index (χ2v) is 6.92. The Kier molecular flexibility index (Phi) is 7.44. The first-order valence-corrected chi connectivity index (χ1v) is 10.1. The van der Waals surface area contributed by atoms with Crippen molar-refractivity contribution in [3.8, 4) is 0 Å². The van der Waals surface area contributed by atoms with Crippen molar-refractivity contribution in [3.63, 3.8) is 0 Å². The summed E-state index contributed by atoms with van der Waals surface area (Å²) in [5.74, 6) is -0.162. The number of hydrogen-bond acceptors (Lipinski definition) is 5. The predicted octanol–water partition coefficient (Wildman–Crippen LogP) is 2.72. The van der Waals surface area contributed by atoms with Crippen LogP contribution in [-0.4, -0.2) is 61.2 Å². The average molecular weight is 396 g/mol. The molecule has 154 valence electrons. The first kappa shape index (κ1) is 20.6. The maximum atomic E-state index is 12.4. The van der Waals surface area contributed by atoms with Gasteiger partial charge in [-0.1, -0.05) is 30.3 Å². The number of anilines is 1. The summed E-state index contributed by atoms with van der Waals surface area (Å²) in [5.41, 5.74) is 2.62. The molecule has 1 aliphatic rings. The minimum atomic E-state index is -0.266. The SMILES string of the molecule is CCOC(=O)N1CCN(c2ccnc(C(=O)NCCCc3ccccc3)c2)CC1. The number of aryl methyl sites for hydroxylation is 1. The molecule has 29 heavy (non-hydrogen) atoms. The maximum absolute atomic E-state index is 12.4. The van der Waals surface area contributed by atoms with Crippen LogP contribution in [0.4, 0.5) is 10.5 Å². The van der Waals surface area contributed by atoms with E-state index in [-0.39, 0.29) is 12.0 Å². The van der Waals surface area contributed by atoms with E-state index in [0.717, 1.165) is 18.5 Å². The summed E-state index contributed by atoms with van der Waals surface area (Å²) in [6.07, 6.45) is 3.20. The Bertz CT molecular complexity index is 805. The van der Waals surface area contributed by atoms with Crippen molar-refractivity contribution < 1.29 is 14.3 Å². The number of hydrogen-bond donors (Lipinski definition) is 1. The Morgan fingerprint density at radius 1 is 1.10 bits per heavy atom. The Hall–Kier alpha value is -3.09. The van der Waals surface area contributed by atoms with Crippen LogP contribution in [0.2, 0.25) is 0 Å². The topological polar surface area (TPSA) is 74.8 Å². The smallest absolute Gasteiger partial charge is 0.409 e. The predicted molar refractivity (Wildman–Crippen MR) is 112 cm³/mol. The fourth-order valence-corrected chi connectivity index (χ4v) is 3.33. The highest BCUT2D eigenvalue weighted by Gasteiger charge is 2.22. The van der Waals surface area contributed by atoms with Gasteiger partial charge >= 0.3 is 6.09 Å². The Morgan fingerprint density at radius 3 is 2.59 bits per heavy atom. The molecule has 2 aromatic rings. The molecule has 2 amide bonds.